The number of hydrogen-bond donors (Lipinski definition) is 2. The number of hydrogen-bond acceptors (Lipinski definition) is 5. The molecule has 2 aromatic rings. The molecular formula is C16H18ClN3O4S. The average Bonchev–Trinajstić information content (AvgIpc) is 3.12. The Labute approximate surface area is 151 Å². The Morgan fingerprint density at radius 3 is 2.88 bits per heavy atom. The van der Waals surface area contributed by atoms with E-state index in [4.69, 9.17) is 11.6 Å². The molecule has 134 valence electrons. The third-order valence-electron chi connectivity index (χ3n) is 4.10. The second-order valence-corrected chi connectivity index (χ2v) is 7.96. The van der Waals surface area contributed by atoms with Gasteiger partial charge in [-0.05, 0) is 23.8 Å². The molecule has 1 unspecified atom stereocenters. The molecule has 1 atom stereocenters. The zero-order chi connectivity index (χ0) is 18.0. The van der Waals surface area contributed by atoms with E-state index in [-0.39, 0.29) is 16.6 Å². The van der Waals surface area contributed by atoms with Gasteiger partial charge in [0, 0.05) is 30.9 Å². The summed E-state index contributed by atoms with van der Waals surface area (Å²) in [5, 5.41) is 3.76. The maximum Gasteiger partial charge on any atom is 0.354 e. The van der Waals surface area contributed by atoms with Gasteiger partial charge in [0.15, 0.2) is 0 Å². The van der Waals surface area contributed by atoms with Crippen LogP contribution in [0.25, 0.3) is 0 Å². The van der Waals surface area contributed by atoms with Crippen molar-refractivity contribution < 1.29 is 17.9 Å². The molecule has 1 aliphatic heterocycles. The summed E-state index contributed by atoms with van der Waals surface area (Å²) < 4.78 is 32.2. The topological polar surface area (TPSA) is 91.5 Å². The van der Waals surface area contributed by atoms with Crippen LogP contribution in [0.1, 0.15) is 22.1 Å². The Bertz CT molecular complexity index is 881. The standard InChI is InChI=1S/C16H18ClN3O4S/c1-24-16(21)14-8-13(9-19-14)25(22,23)20-6-5-18-10-15(20)11-3-2-4-12(17)7-11/h2-4,7-9,15,18-19H,5-6,10H2,1H3. The number of esters is 1. The van der Waals surface area contributed by atoms with Crippen molar-refractivity contribution in [1.29, 1.82) is 0 Å². The Kier molecular flexibility index (Phi) is 5.14. The number of rotatable bonds is 4. The number of ether oxygens (including phenoxy) is 1. The van der Waals surface area contributed by atoms with Crippen LogP contribution in [0.4, 0.5) is 0 Å². The number of aromatic nitrogens is 1. The zero-order valence-corrected chi connectivity index (χ0v) is 15.1. The normalized spacial score (nSPS) is 18.9. The average molecular weight is 384 g/mol. The van der Waals surface area contributed by atoms with Crippen LogP contribution >= 0.6 is 11.6 Å². The number of H-pyrrole nitrogens is 1. The lowest BCUT2D eigenvalue weighted by atomic mass is 10.1. The van der Waals surface area contributed by atoms with Gasteiger partial charge in [-0.1, -0.05) is 23.7 Å². The van der Waals surface area contributed by atoms with E-state index in [1.807, 2.05) is 6.07 Å². The molecule has 1 aliphatic rings. The summed E-state index contributed by atoms with van der Waals surface area (Å²) in [4.78, 5) is 14.2. The Hall–Kier alpha value is -1.87. The Balaban J connectivity index is 1.96. The third-order valence-corrected chi connectivity index (χ3v) is 6.22. The maximum atomic E-state index is 13.1. The smallest absolute Gasteiger partial charge is 0.354 e. The predicted molar refractivity (Wildman–Crippen MR) is 93.1 cm³/mol. The highest BCUT2D eigenvalue weighted by Crippen LogP contribution is 2.30. The van der Waals surface area contributed by atoms with E-state index in [1.54, 1.807) is 18.2 Å². The van der Waals surface area contributed by atoms with Crippen molar-refractivity contribution in [1.82, 2.24) is 14.6 Å². The number of aromatic amines is 1. The van der Waals surface area contributed by atoms with Crippen molar-refractivity contribution in [3.05, 3.63) is 52.8 Å². The number of sulfonamides is 1. The molecule has 1 aromatic heterocycles. The Morgan fingerprint density at radius 1 is 1.36 bits per heavy atom. The molecular weight excluding hydrogens is 366 g/mol. The second-order valence-electron chi connectivity index (χ2n) is 5.63. The van der Waals surface area contributed by atoms with Crippen LogP contribution < -0.4 is 5.32 Å². The fraction of sp³-hybridized carbons (Fsp3) is 0.312. The molecule has 0 aliphatic carbocycles. The van der Waals surface area contributed by atoms with Gasteiger partial charge < -0.3 is 15.0 Å². The zero-order valence-electron chi connectivity index (χ0n) is 13.5. The van der Waals surface area contributed by atoms with Crippen LogP contribution in [0, 0.1) is 0 Å². The van der Waals surface area contributed by atoms with E-state index in [1.165, 1.54) is 23.7 Å². The van der Waals surface area contributed by atoms with E-state index >= 15 is 0 Å². The number of methoxy groups -OCH3 is 1. The van der Waals surface area contributed by atoms with Crippen LogP contribution in [-0.2, 0) is 14.8 Å². The summed E-state index contributed by atoms with van der Waals surface area (Å²) in [6, 6.07) is 8.06. The number of nitrogens with zero attached hydrogens (tertiary/aromatic N) is 1. The van der Waals surface area contributed by atoms with Crippen molar-refractivity contribution in [2.24, 2.45) is 0 Å². The molecule has 1 aromatic carbocycles. The van der Waals surface area contributed by atoms with E-state index in [0.29, 0.717) is 24.7 Å². The van der Waals surface area contributed by atoms with Gasteiger partial charge in [0.1, 0.15) is 10.6 Å². The molecule has 1 fully saturated rings. The number of nitrogens with one attached hydrogen (secondary N) is 2. The maximum absolute atomic E-state index is 13.1. The van der Waals surface area contributed by atoms with Gasteiger partial charge in [0.2, 0.25) is 10.0 Å². The first-order valence-corrected chi connectivity index (χ1v) is 9.50. The molecule has 0 saturated carbocycles. The number of halogens is 1. The van der Waals surface area contributed by atoms with Gasteiger partial charge in [-0.15, -0.1) is 0 Å². The first-order valence-electron chi connectivity index (χ1n) is 7.68. The van der Waals surface area contributed by atoms with Gasteiger partial charge in [-0.2, -0.15) is 4.31 Å². The number of carbonyl (C=O) groups is 1. The van der Waals surface area contributed by atoms with Crippen LogP contribution in [-0.4, -0.2) is 50.4 Å². The molecule has 2 heterocycles. The molecule has 0 spiro atoms. The van der Waals surface area contributed by atoms with Crippen LogP contribution in [0.15, 0.2) is 41.4 Å². The van der Waals surface area contributed by atoms with Crippen molar-refractivity contribution >= 4 is 27.6 Å². The minimum atomic E-state index is -3.78. The minimum absolute atomic E-state index is 0.0295. The van der Waals surface area contributed by atoms with Crippen molar-refractivity contribution in [2.75, 3.05) is 26.7 Å². The number of benzene rings is 1. The molecule has 0 amide bonds. The summed E-state index contributed by atoms with van der Waals surface area (Å²) in [6.07, 6.45) is 1.30. The number of piperazine rings is 1. The summed E-state index contributed by atoms with van der Waals surface area (Å²) in [7, 11) is -2.54. The quantitative estimate of drug-likeness (QED) is 0.785. The molecule has 0 bridgehead atoms. The van der Waals surface area contributed by atoms with Crippen LogP contribution in [0.3, 0.4) is 0 Å². The molecule has 25 heavy (non-hydrogen) atoms. The molecule has 2 N–H and O–H groups in total. The minimum Gasteiger partial charge on any atom is -0.464 e. The number of carbonyl (C=O) groups excluding carboxylic acids is 1. The van der Waals surface area contributed by atoms with Gasteiger partial charge >= 0.3 is 5.97 Å². The lowest BCUT2D eigenvalue weighted by Crippen LogP contribution is -2.48. The molecule has 3 rings (SSSR count). The summed E-state index contributed by atoms with van der Waals surface area (Å²) in [5.74, 6) is -0.617. The summed E-state index contributed by atoms with van der Waals surface area (Å²) in [5.41, 5.74) is 0.905. The lowest BCUT2D eigenvalue weighted by molar-refractivity contribution is 0.0594. The highest BCUT2D eigenvalue weighted by Gasteiger charge is 2.35. The molecule has 0 radical (unpaired) electrons. The van der Waals surface area contributed by atoms with Crippen molar-refractivity contribution in [3.63, 3.8) is 0 Å². The monoisotopic (exact) mass is 383 g/mol. The molecule has 1 saturated heterocycles. The van der Waals surface area contributed by atoms with Gasteiger partial charge in [-0.25, -0.2) is 13.2 Å². The molecule has 7 nitrogen and oxygen atoms in total. The van der Waals surface area contributed by atoms with Gasteiger partial charge in [0.25, 0.3) is 0 Å². The summed E-state index contributed by atoms with van der Waals surface area (Å²) >= 11 is 6.05. The first-order chi connectivity index (χ1) is 11.9. The van der Waals surface area contributed by atoms with E-state index < -0.39 is 16.0 Å². The highest BCUT2D eigenvalue weighted by atomic mass is 35.5. The van der Waals surface area contributed by atoms with Crippen molar-refractivity contribution in [2.45, 2.75) is 10.9 Å². The summed E-state index contributed by atoms with van der Waals surface area (Å²) in [6.45, 7) is 1.34. The Morgan fingerprint density at radius 2 is 2.16 bits per heavy atom. The lowest BCUT2D eigenvalue weighted by Gasteiger charge is -2.35. The van der Waals surface area contributed by atoms with Gasteiger partial charge in [0.05, 0.1) is 13.2 Å². The fourth-order valence-electron chi connectivity index (χ4n) is 2.86. The van der Waals surface area contributed by atoms with Gasteiger partial charge in [-0.3, -0.25) is 0 Å². The van der Waals surface area contributed by atoms with E-state index in [9.17, 15) is 13.2 Å². The van der Waals surface area contributed by atoms with E-state index in [2.05, 4.69) is 15.0 Å². The highest BCUT2D eigenvalue weighted by molar-refractivity contribution is 7.89. The van der Waals surface area contributed by atoms with Crippen molar-refractivity contribution in [3.8, 4) is 0 Å². The third kappa shape index (κ3) is 3.57. The van der Waals surface area contributed by atoms with Crippen LogP contribution in [0.5, 0.6) is 0 Å². The first kappa shape index (κ1) is 17.9. The van der Waals surface area contributed by atoms with Crippen LogP contribution in [0.2, 0.25) is 5.02 Å². The van der Waals surface area contributed by atoms with E-state index in [0.717, 1.165) is 5.56 Å². The fourth-order valence-corrected chi connectivity index (χ4v) is 4.67. The molecule has 9 heteroatoms. The largest absolute Gasteiger partial charge is 0.464 e. The SMILES string of the molecule is COC(=O)c1cc(S(=O)(=O)N2CCNCC2c2cccc(Cl)c2)c[nH]1. The predicted octanol–water partition coefficient (Wildman–Crippen LogP) is 1.79. The second kappa shape index (κ2) is 7.17.